The van der Waals surface area contributed by atoms with Crippen LogP contribution in [0.3, 0.4) is 0 Å². The maximum absolute atomic E-state index is 9.88. The molecule has 1 aromatic carbocycles. The number of aryl methyl sites for hydroxylation is 1. The molecule has 0 heterocycles. The molecule has 0 bridgehead atoms. The summed E-state index contributed by atoms with van der Waals surface area (Å²) in [5.41, 5.74) is 2.17. The fourth-order valence-electron chi connectivity index (χ4n) is 1.50. The highest BCUT2D eigenvalue weighted by Crippen LogP contribution is 2.36. The second kappa shape index (κ2) is 3.64. The van der Waals surface area contributed by atoms with Crippen LogP contribution in [0.15, 0.2) is 18.2 Å². The molecule has 0 saturated heterocycles. The zero-order valence-electron chi connectivity index (χ0n) is 9.76. The average molecular weight is 192 g/mol. The van der Waals surface area contributed by atoms with Crippen molar-refractivity contribution in [3.63, 3.8) is 0 Å². The monoisotopic (exact) mass is 192 g/mol. The molecule has 0 atom stereocenters. The van der Waals surface area contributed by atoms with Crippen molar-refractivity contribution in [2.45, 2.75) is 40.0 Å². The lowest BCUT2D eigenvalue weighted by Gasteiger charge is -2.30. The quantitative estimate of drug-likeness (QED) is 0.758. The van der Waals surface area contributed by atoms with Crippen LogP contribution in [0, 0.1) is 12.8 Å². The molecule has 0 aliphatic carbocycles. The molecule has 14 heavy (non-hydrogen) atoms. The average Bonchev–Trinajstić information content (AvgIpc) is 2.02. The zero-order chi connectivity index (χ0) is 10.9. The van der Waals surface area contributed by atoms with E-state index in [1.165, 1.54) is 0 Å². The highest BCUT2D eigenvalue weighted by atomic mass is 16.3. The SMILES string of the molecule is Cc1ccc(C(C)(C)C(C)C)c(O)c1. The number of rotatable bonds is 2. The number of hydrogen-bond donors (Lipinski definition) is 1. The van der Waals surface area contributed by atoms with Crippen molar-refractivity contribution in [1.29, 1.82) is 0 Å². The van der Waals surface area contributed by atoms with Crippen molar-refractivity contribution in [3.8, 4) is 5.75 Å². The second-order valence-electron chi connectivity index (χ2n) is 4.90. The van der Waals surface area contributed by atoms with Crippen LogP contribution in [0.4, 0.5) is 0 Å². The first-order valence-electron chi connectivity index (χ1n) is 5.16. The molecule has 1 rings (SSSR count). The van der Waals surface area contributed by atoms with E-state index >= 15 is 0 Å². The largest absolute Gasteiger partial charge is 0.508 e. The first-order valence-corrected chi connectivity index (χ1v) is 5.16. The van der Waals surface area contributed by atoms with Crippen LogP contribution in [0.5, 0.6) is 5.75 Å². The second-order valence-corrected chi connectivity index (χ2v) is 4.90. The van der Waals surface area contributed by atoms with Crippen LogP contribution in [0.2, 0.25) is 0 Å². The van der Waals surface area contributed by atoms with Gasteiger partial charge in [-0.15, -0.1) is 0 Å². The third-order valence-electron chi connectivity index (χ3n) is 3.29. The summed E-state index contributed by atoms with van der Waals surface area (Å²) >= 11 is 0. The summed E-state index contributed by atoms with van der Waals surface area (Å²) in [6, 6.07) is 5.92. The normalized spacial score (nSPS) is 12.1. The van der Waals surface area contributed by atoms with E-state index in [9.17, 15) is 5.11 Å². The van der Waals surface area contributed by atoms with Gasteiger partial charge in [-0.1, -0.05) is 39.8 Å². The number of phenols is 1. The highest BCUT2D eigenvalue weighted by Gasteiger charge is 2.27. The Kier molecular flexibility index (Phi) is 2.89. The molecule has 0 aromatic heterocycles. The summed E-state index contributed by atoms with van der Waals surface area (Å²) in [6.45, 7) is 10.7. The molecule has 1 aromatic rings. The van der Waals surface area contributed by atoms with Gasteiger partial charge in [-0.2, -0.15) is 0 Å². The standard InChI is InChI=1S/C13H20O/c1-9(2)13(4,5)11-7-6-10(3)8-12(11)14/h6-9,14H,1-5H3. The maximum atomic E-state index is 9.88. The highest BCUT2D eigenvalue weighted by molar-refractivity contribution is 5.40. The Labute approximate surface area is 86.8 Å². The lowest BCUT2D eigenvalue weighted by molar-refractivity contribution is 0.351. The van der Waals surface area contributed by atoms with Crippen molar-refractivity contribution in [2.24, 2.45) is 5.92 Å². The van der Waals surface area contributed by atoms with Crippen LogP contribution < -0.4 is 0 Å². The van der Waals surface area contributed by atoms with Crippen LogP contribution in [-0.4, -0.2) is 5.11 Å². The van der Waals surface area contributed by atoms with Gasteiger partial charge in [0.1, 0.15) is 5.75 Å². The number of hydrogen-bond acceptors (Lipinski definition) is 1. The lowest BCUT2D eigenvalue weighted by atomic mass is 9.74. The Bertz CT molecular complexity index is 324. The van der Waals surface area contributed by atoms with E-state index in [1.807, 2.05) is 19.1 Å². The predicted octanol–water partition coefficient (Wildman–Crippen LogP) is 3.63. The molecular formula is C13H20O. The Hall–Kier alpha value is -0.980. The Morgan fingerprint density at radius 1 is 1.21 bits per heavy atom. The summed E-state index contributed by atoms with van der Waals surface area (Å²) in [6.07, 6.45) is 0. The molecule has 1 heteroatoms. The van der Waals surface area contributed by atoms with E-state index in [2.05, 4.69) is 33.8 Å². The third kappa shape index (κ3) is 1.92. The Balaban J connectivity index is 3.19. The van der Waals surface area contributed by atoms with E-state index in [1.54, 1.807) is 0 Å². The molecule has 0 saturated carbocycles. The number of aromatic hydroxyl groups is 1. The van der Waals surface area contributed by atoms with Gasteiger partial charge in [-0.05, 0) is 35.4 Å². The van der Waals surface area contributed by atoms with E-state index in [0.29, 0.717) is 11.7 Å². The molecule has 78 valence electrons. The molecule has 0 fully saturated rings. The summed E-state index contributed by atoms with van der Waals surface area (Å²) in [4.78, 5) is 0. The van der Waals surface area contributed by atoms with Crippen molar-refractivity contribution in [3.05, 3.63) is 29.3 Å². The van der Waals surface area contributed by atoms with E-state index in [-0.39, 0.29) is 5.41 Å². The predicted molar refractivity (Wildman–Crippen MR) is 60.7 cm³/mol. The molecular weight excluding hydrogens is 172 g/mol. The van der Waals surface area contributed by atoms with Crippen LogP contribution in [0.1, 0.15) is 38.8 Å². The Morgan fingerprint density at radius 3 is 2.21 bits per heavy atom. The first-order chi connectivity index (χ1) is 6.35. The molecule has 1 N–H and O–H groups in total. The van der Waals surface area contributed by atoms with Crippen LogP contribution in [-0.2, 0) is 5.41 Å². The van der Waals surface area contributed by atoms with Gasteiger partial charge < -0.3 is 5.11 Å². The summed E-state index contributed by atoms with van der Waals surface area (Å²) < 4.78 is 0. The molecule has 0 aliphatic rings. The van der Waals surface area contributed by atoms with Crippen LogP contribution >= 0.6 is 0 Å². The smallest absolute Gasteiger partial charge is 0.119 e. The van der Waals surface area contributed by atoms with Crippen molar-refractivity contribution >= 4 is 0 Å². The Morgan fingerprint density at radius 2 is 1.79 bits per heavy atom. The lowest BCUT2D eigenvalue weighted by Crippen LogP contribution is -2.24. The minimum absolute atomic E-state index is 0.0256. The molecule has 0 unspecified atom stereocenters. The summed E-state index contributed by atoms with van der Waals surface area (Å²) in [5, 5.41) is 9.88. The van der Waals surface area contributed by atoms with E-state index in [0.717, 1.165) is 11.1 Å². The van der Waals surface area contributed by atoms with E-state index in [4.69, 9.17) is 0 Å². The topological polar surface area (TPSA) is 20.2 Å². The van der Waals surface area contributed by atoms with Gasteiger partial charge >= 0.3 is 0 Å². The minimum atomic E-state index is 0.0256. The van der Waals surface area contributed by atoms with Gasteiger partial charge in [0.05, 0.1) is 0 Å². The fourth-order valence-corrected chi connectivity index (χ4v) is 1.50. The first kappa shape index (κ1) is 11.1. The molecule has 0 aliphatic heterocycles. The van der Waals surface area contributed by atoms with Gasteiger partial charge in [0.25, 0.3) is 0 Å². The van der Waals surface area contributed by atoms with Gasteiger partial charge in [0.15, 0.2) is 0 Å². The van der Waals surface area contributed by atoms with Crippen molar-refractivity contribution in [1.82, 2.24) is 0 Å². The summed E-state index contributed by atoms with van der Waals surface area (Å²) in [7, 11) is 0. The van der Waals surface area contributed by atoms with Gasteiger partial charge in [0.2, 0.25) is 0 Å². The van der Waals surface area contributed by atoms with Crippen molar-refractivity contribution in [2.75, 3.05) is 0 Å². The number of benzene rings is 1. The van der Waals surface area contributed by atoms with Gasteiger partial charge in [0, 0.05) is 0 Å². The van der Waals surface area contributed by atoms with Crippen molar-refractivity contribution < 1.29 is 5.11 Å². The van der Waals surface area contributed by atoms with E-state index < -0.39 is 0 Å². The van der Waals surface area contributed by atoms with Gasteiger partial charge in [-0.3, -0.25) is 0 Å². The molecule has 1 nitrogen and oxygen atoms in total. The fraction of sp³-hybridized carbons (Fsp3) is 0.538. The molecule has 0 amide bonds. The maximum Gasteiger partial charge on any atom is 0.119 e. The number of phenolic OH excluding ortho intramolecular Hbond substituents is 1. The summed E-state index contributed by atoms with van der Waals surface area (Å²) in [5.74, 6) is 0.930. The zero-order valence-corrected chi connectivity index (χ0v) is 9.76. The van der Waals surface area contributed by atoms with Gasteiger partial charge in [-0.25, -0.2) is 0 Å². The minimum Gasteiger partial charge on any atom is -0.508 e. The molecule has 0 spiro atoms. The third-order valence-corrected chi connectivity index (χ3v) is 3.29. The molecule has 0 radical (unpaired) electrons. The van der Waals surface area contributed by atoms with Crippen LogP contribution in [0.25, 0.3) is 0 Å².